The molecular formula is C13H12FNO4. The third-order valence-corrected chi connectivity index (χ3v) is 2.68. The van der Waals surface area contributed by atoms with Crippen LogP contribution in [0.25, 0.3) is 10.9 Å². The summed E-state index contributed by atoms with van der Waals surface area (Å²) in [5.41, 5.74) is -0.0631. The van der Waals surface area contributed by atoms with E-state index in [1.807, 2.05) is 0 Å². The zero-order chi connectivity index (χ0) is 14.2. The molecule has 0 aliphatic carbocycles. The highest BCUT2D eigenvalue weighted by Gasteiger charge is 2.24. The van der Waals surface area contributed by atoms with Crippen LogP contribution in [-0.2, 0) is 4.74 Å². The fourth-order valence-electron chi connectivity index (χ4n) is 1.89. The molecule has 1 N–H and O–H groups in total. The number of hydrogen-bond donors (Lipinski definition) is 1. The molecule has 0 saturated carbocycles. The Labute approximate surface area is 108 Å². The first kappa shape index (κ1) is 13.1. The van der Waals surface area contributed by atoms with Crippen LogP contribution in [0.3, 0.4) is 0 Å². The van der Waals surface area contributed by atoms with Crippen LogP contribution >= 0.6 is 0 Å². The van der Waals surface area contributed by atoms with Gasteiger partial charge >= 0.3 is 5.97 Å². The van der Waals surface area contributed by atoms with Gasteiger partial charge in [0.15, 0.2) is 17.6 Å². The number of hydrogen-bond acceptors (Lipinski definition) is 4. The largest absolute Gasteiger partial charge is 0.618 e. The van der Waals surface area contributed by atoms with Gasteiger partial charge in [-0.15, -0.1) is 0 Å². The minimum atomic E-state index is -0.826. The van der Waals surface area contributed by atoms with Gasteiger partial charge in [-0.3, -0.25) is 0 Å². The van der Waals surface area contributed by atoms with Crippen molar-refractivity contribution in [2.75, 3.05) is 6.61 Å². The molecule has 2 rings (SSSR count). The SMILES string of the molecule is CCOC(=O)c1c[n+]([O-])c2c(F)cc(C)cc2c1O. The molecule has 0 fully saturated rings. The summed E-state index contributed by atoms with van der Waals surface area (Å²) in [5, 5.41) is 21.7. The second-order valence-corrected chi connectivity index (χ2v) is 4.08. The van der Waals surface area contributed by atoms with Crippen LogP contribution in [0.2, 0.25) is 0 Å². The Balaban J connectivity index is 2.78. The summed E-state index contributed by atoms with van der Waals surface area (Å²) in [6, 6.07) is 2.62. The third kappa shape index (κ3) is 2.16. The highest BCUT2D eigenvalue weighted by molar-refractivity contribution is 5.98. The van der Waals surface area contributed by atoms with Crippen molar-refractivity contribution in [2.45, 2.75) is 13.8 Å². The molecule has 0 saturated heterocycles. The number of aryl methyl sites for hydroxylation is 1. The Bertz CT molecular complexity index is 669. The second-order valence-electron chi connectivity index (χ2n) is 4.08. The van der Waals surface area contributed by atoms with Crippen molar-refractivity contribution in [3.05, 3.63) is 40.5 Å². The lowest BCUT2D eigenvalue weighted by Gasteiger charge is -2.09. The van der Waals surface area contributed by atoms with Crippen LogP contribution in [0.1, 0.15) is 22.8 Å². The van der Waals surface area contributed by atoms with Crippen molar-refractivity contribution < 1.29 is 23.8 Å². The molecular weight excluding hydrogens is 253 g/mol. The van der Waals surface area contributed by atoms with E-state index in [1.165, 1.54) is 12.1 Å². The molecule has 6 heteroatoms. The Kier molecular flexibility index (Phi) is 3.25. The molecule has 0 unspecified atom stereocenters. The number of esters is 1. The van der Waals surface area contributed by atoms with Crippen LogP contribution < -0.4 is 4.73 Å². The average molecular weight is 265 g/mol. The number of ether oxygens (including phenoxy) is 1. The summed E-state index contributed by atoms with van der Waals surface area (Å²) in [5.74, 6) is -2.03. The van der Waals surface area contributed by atoms with Gasteiger partial charge < -0.3 is 15.1 Å². The lowest BCUT2D eigenvalue weighted by Crippen LogP contribution is -2.29. The Morgan fingerprint density at radius 2 is 2.21 bits per heavy atom. The minimum absolute atomic E-state index is 0.0157. The molecule has 0 bridgehead atoms. The standard InChI is InChI=1S/C13H12FNO4/c1-3-19-13(17)9-6-15(18)11-8(12(9)16)4-7(2)5-10(11)14/h4-6,16H,3H2,1-2H3. The van der Waals surface area contributed by atoms with E-state index in [0.717, 1.165) is 6.20 Å². The molecule has 100 valence electrons. The van der Waals surface area contributed by atoms with E-state index in [0.29, 0.717) is 5.56 Å². The average Bonchev–Trinajstić information content (AvgIpc) is 2.33. The van der Waals surface area contributed by atoms with Crippen molar-refractivity contribution in [3.63, 3.8) is 0 Å². The van der Waals surface area contributed by atoms with Gasteiger partial charge in [-0.05, 0) is 31.5 Å². The van der Waals surface area contributed by atoms with Crippen molar-refractivity contribution in [3.8, 4) is 5.75 Å². The smallest absolute Gasteiger partial charge is 0.348 e. The van der Waals surface area contributed by atoms with Gasteiger partial charge in [-0.2, -0.15) is 9.12 Å². The number of nitrogens with zero attached hydrogens (tertiary/aromatic N) is 1. The van der Waals surface area contributed by atoms with Crippen molar-refractivity contribution in [1.82, 2.24) is 0 Å². The predicted octanol–water partition coefficient (Wildman–Crippen LogP) is 1.80. The molecule has 2 aromatic rings. The van der Waals surface area contributed by atoms with Gasteiger partial charge in [0.05, 0.1) is 12.0 Å². The zero-order valence-corrected chi connectivity index (χ0v) is 10.4. The lowest BCUT2D eigenvalue weighted by molar-refractivity contribution is -0.578. The number of rotatable bonds is 2. The highest BCUT2D eigenvalue weighted by Crippen LogP contribution is 2.29. The number of carbonyl (C=O) groups is 1. The topological polar surface area (TPSA) is 73.5 Å². The molecule has 0 aliphatic rings. The summed E-state index contributed by atoms with van der Waals surface area (Å²) in [7, 11) is 0. The van der Waals surface area contributed by atoms with Gasteiger partial charge in [0.25, 0.3) is 5.52 Å². The molecule has 0 spiro atoms. The minimum Gasteiger partial charge on any atom is -0.618 e. The summed E-state index contributed by atoms with van der Waals surface area (Å²) < 4.78 is 18.7. The summed E-state index contributed by atoms with van der Waals surface area (Å²) >= 11 is 0. The zero-order valence-electron chi connectivity index (χ0n) is 10.4. The number of aromatic nitrogens is 1. The van der Waals surface area contributed by atoms with Crippen molar-refractivity contribution >= 4 is 16.9 Å². The molecule has 0 aliphatic heterocycles. The molecule has 0 atom stereocenters. The first-order valence-corrected chi connectivity index (χ1v) is 5.67. The highest BCUT2D eigenvalue weighted by atomic mass is 19.1. The van der Waals surface area contributed by atoms with Gasteiger partial charge in [-0.1, -0.05) is 0 Å². The van der Waals surface area contributed by atoms with Gasteiger partial charge in [-0.25, -0.2) is 4.79 Å². The van der Waals surface area contributed by atoms with Crippen LogP contribution in [-0.4, -0.2) is 17.7 Å². The maximum Gasteiger partial charge on any atom is 0.348 e. The monoisotopic (exact) mass is 265 g/mol. The second kappa shape index (κ2) is 4.72. The first-order chi connectivity index (χ1) is 8.95. The van der Waals surface area contributed by atoms with Crippen molar-refractivity contribution in [2.24, 2.45) is 0 Å². The van der Waals surface area contributed by atoms with Gasteiger partial charge in [0, 0.05) is 0 Å². The lowest BCUT2D eigenvalue weighted by atomic mass is 10.1. The van der Waals surface area contributed by atoms with E-state index in [-0.39, 0.29) is 27.8 Å². The maximum absolute atomic E-state index is 13.7. The number of fused-ring (bicyclic) bond motifs is 1. The van der Waals surface area contributed by atoms with Crippen molar-refractivity contribution in [1.29, 1.82) is 0 Å². The van der Waals surface area contributed by atoms with Gasteiger partial charge in [0.1, 0.15) is 5.75 Å². The van der Waals surface area contributed by atoms with Gasteiger partial charge in [0.2, 0.25) is 0 Å². The number of pyridine rings is 1. The molecule has 5 nitrogen and oxygen atoms in total. The molecule has 0 amide bonds. The summed E-state index contributed by atoms with van der Waals surface area (Å²) in [4.78, 5) is 11.6. The number of aromatic hydroxyl groups is 1. The Hall–Kier alpha value is -2.37. The Morgan fingerprint density at radius 1 is 1.53 bits per heavy atom. The van der Waals surface area contributed by atoms with E-state index in [4.69, 9.17) is 4.74 Å². The van der Waals surface area contributed by atoms with Crippen LogP contribution in [0.4, 0.5) is 4.39 Å². The molecule has 1 heterocycles. The number of halogens is 1. The van der Waals surface area contributed by atoms with E-state index in [9.17, 15) is 19.5 Å². The van der Waals surface area contributed by atoms with Crippen LogP contribution in [0, 0.1) is 17.9 Å². The normalized spacial score (nSPS) is 10.7. The molecule has 19 heavy (non-hydrogen) atoms. The third-order valence-electron chi connectivity index (χ3n) is 2.68. The molecule has 0 radical (unpaired) electrons. The predicted molar refractivity (Wildman–Crippen MR) is 65.2 cm³/mol. The molecule has 1 aromatic carbocycles. The number of carbonyl (C=O) groups excluding carboxylic acids is 1. The van der Waals surface area contributed by atoms with Crippen LogP contribution in [0.5, 0.6) is 5.75 Å². The van der Waals surface area contributed by atoms with E-state index in [1.54, 1.807) is 13.8 Å². The fraction of sp³-hybridized carbons (Fsp3) is 0.231. The van der Waals surface area contributed by atoms with E-state index >= 15 is 0 Å². The van der Waals surface area contributed by atoms with E-state index < -0.39 is 17.5 Å². The van der Waals surface area contributed by atoms with Crippen LogP contribution in [0.15, 0.2) is 18.3 Å². The first-order valence-electron chi connectivity index (χ1n) is 5.67. The molecule has 1 aromatic heterocycles. The summed E-state index contributed by atoms with van der Waals surface area (Å²) in [6.45, 7) is 3.33. The fourth-order valence-corrected chi connectivity index (χ4v) is 1.89. The number of benzene rings is 1. The Morgan fingerprint density at radius 3 is 2.84 bits per heavy atom. The summed E-state index contributed by atoms with van der Waals surface area (Å²) in [6.07, 6.45) is 0.814. The van der Waals surface area contributed by atoms with E-state index in [2.05, 4.69) is 0 Å². The maximum atomic E-state index is 13.7. The quantitative estimate of drug-likeness (QED) is 0.510.